The van der Waals surface area contributed by atoms with Crippen molar-refractivity contribution in [3.8, 4) is 0 Å². The molecule has 5 nitrogen and oxygen atoms in total. The van der Waals surface area contributed by atoms with Gasteiger partial charge in [0.1, 0.15) is 12.4 Å². The Morgan fingerprint density at radius 3 is 2.52 bits per heavy atom. The molecule has 0 spiro atoms. The van der Waals surface area contributed by atoms with E-state index in [-0.39, 0.29) is 17.9 Å². The van der Waals surface area contributed by atoms with Gasteiger partial charge < -0.3 is 4.74 Å². The highest BCUT2D eigenvalue weighted by molar-refractivity contribution is 9.10. The highest BCUT2D eigenvalue weighted by atomic mass is 79.9. The van der Waals surface area contributed by atoms with Gasteiger partial charge in [-0.1, -0.05) is 15.9 Å². The Morgan fingerprint density at radius 2 is 1.90 bits per heavy atom. The van der Waals surface area contributed by atoms with Crippen molar-refractivity contribution in [2.24, 2.45) is 0 Å². The third-order valence-electron chi connectivity index (χ3n) is 2.67. The van der Waals surface area contributed by atoms with E-state index in [0.29, 0.717) is 10.0 Å². The maximum Gasteiger partial charge on any atom is 0.341 e. The van der Waals surface area contributed by atoms with Crippen molar-refractivity contribution in [1.29, 1.82) is 0 Å². The van der Waals surface area contributed by atoms with Gasteiger partial charge >= 0.3 is 5.97 Å². The number of rotatable bonds is 4. The molecule has 0 aliphatic carbocycles. The smallest absolute Gasteiger partial charge is 0.341 e. The first-order valence-electron chi connectivity index (χ1n) is 5.83. The summed E-state index contributed by atoms with van der Waals surface area (Å²) in [6, 6.07) is 9.53. The molecule has 21 heavy (non-hydrogen) atoms. The van der Waals surface area contributed by atoms with Crippen molar-refractivity contribution < 1.29 is 18.8 Å². The Bertz CT molecular complexity index is 688. The number of nitrogens with zero attached hydrogens (tertiary/aromatic N) is 1. The van der Waals surface area contributed by atoms with Gasteiger partial charge in [-0.25, -0.2) is 9.18 Å². The number of carbonyl (C=O) groups is 1. The third kappa shape index (κ3) is 3.85. The topological polar surface area (TPSA) is 69.4 Å². The predicted octanol–water partition coefficient (Wildman–Crippen LogP) is 3.85. The van der Waals surface area contributed by atoms with Gasteiger partial charge in [-0.05, 0) is 35.9 Å². The summed E-state index contributed by atoms with van der Waals surface area (Å²) in [4.78, 5) is 21.8. The zero-order valence-corrected chi connectivity index (χ0v) is 12.2. The molecule has 7 heteroatoms. The van der Waals surface area contributed by atoms with Gasteiger partial charge in [-0.15, -0.1) is 0 Å². The maximum atomic E-state index is 13.5. The molecule has 0 aliphatic heterocycles. The first-order valence-corrected chi connectivity index (χ1v) is 6.62. The van der Waals surface area contributed by atoms with Crippen LogP contribution in [-0.2, 0) is 11.3 Å². The second kappa shape index (κ2) is 6.45. The van der Waals surface area contributed by atoms with Crippen molar-refractivity contribution in [1.82, 2.24) is 0 Å². The molecule has 0 N–H and O–H groups in total. The quantitative estimate of drug-likeness (QED) is 0.475. The Hall–Kier alpha value is -2.28. The van der Waals surface area contributed by atoms with E-state index in [9.17, 15) is 19.3 Å². The molecule has 0 atom stereocenters. The van der Waals surface area contributed by atoms with E-state index in [0.717, 1.165) is 6.07 Å². The Labute approximate surface area is 127 Å². The molecule has 0 fully saturated rings. The number of ether oxygens (including phenoxy) is 1. The summed E-state index contributed by atoms with van der Waals surface area (Å²) in [5.41, 5.74) is 0.346. The van der Waals surface area contributed by atoms with E-state index in [2.05, 4.69) is 15.9 Å². The summed E-state index contributed by atoms with van der Waals surface area (Å²) in [6.45, 7) is -0.0945. The normalized spacial score (nSPS) is 10.2. The second-order valence-electron chi connectivity index (χ2n) is 4.12. The van der Waals surface area contributed by atoms with Crippen LogP contribution in [0.2, 0.25) is 0 Å². The molecule has 0 saturated carbocycles. The molecule has 0 bridgehead atoms. The van der Waals surface area contributed by atoms with Crippen LogP contribution in [0.4, 0.5) is 10.1 Å². The zero-order chi connectivity index (χ0) is 15.4. The van der Waals surface area contributed by atoms with Gasteiger partial charge in [0.2, 0.25) is 0 Å². The number of benzene rings is 2. The van der Waals surface area contributed by atoms with Crippen LogP contribution in [0.3, 0.4) is 0 Å². The van der Waals surface area contributed by atoms with Gasteiger partial charge in [0.05, 0.1) is 10.5 Å². The van der Waals surface area contributed by atoms with E-state index >= 15 is 0 Å². The molecule has 2 aromatic rings. The number of hydrogen-bond acceptors (Lipinski definition) is 4. The van der Waals surface area contributed by atoms with Crippen LogP contribution in [0.15, 0.2) is 46.9 Å². The molecule has 108 valence electrons. The Balaban J connectivity index is 2.04. The summed E-state index contributed by atoms with van der Waals surface area (Å²) in [5, 5.41) is 10.5. The van der Waals surface area contributed by atoms with Gasteiger partial charge in [-0.3, -0.25) is 10.1 Å². The number of esters is 1. The van der Waals surface area contributed by atoms with Crippen molar-refractivity contribution in [2.45, 2.75) is 6.61 Å². The molecule has 0 aliphatic rings. The number of nitro groups is 1. The lowest BCUT2D eigenvalue weighted by Gasteiger charge is -2.06. The molecule has 0 radical (unpaired) electrons. The highest BCUT2D eigenvalue weighted by Crippen LogP contribution is 2.18. The third-order valence-corrected chi connectivity index (χ3v) is 3.16. The molecule has 2 aromatic carbocycles. The van der Waals surface area contributed by atoms with Gasteiger partial charge in [-0.2, -0.15) is 0 Å². The van der Waals surface area contributed by atoms with Crippen LogP contribution in [0, 0.1) is 15.9 Å². The SMILES string of the molecule is O=C(OCc1ccc([N+](=O)[O-])cc1)c1cc(Br)ccc1F. The Kier molecular flexibility index (Phi) is 4.64. The van der Waals surface area contributed by atoms with Crippen LogP contribution in [0.5, 0.6) is 0 Å². The van der Waals surface area contributed by atoms with Crippen molar-refractivity contribution >= 4 is 27.6 Å². The Morgan fingerprint density at radius 1 is 1.24 bits per heavy atom. The minimum atomic E-state index is -0.799. The molecular formula is C14H9BrFNO4. The molecule has 0 amide bonds. The summed E-state index contributed by atoms with van der Waals surface area (Å²) in [7, 11) is 0. The van der Waals surface area contributed by atoms with Crippen LogP contribution in [0.1, 0.15) is 15.9 Å². The lowest BCUT2D eigenvalue weighted by molar-refractivity contribution is -0.384. The molecule has 0 heterocycles. The van der Waals surface area contributed by atoms with E-state index in [1.807, 2.05) is 0 Å². The van der Waals surface area contributed by atoms with E-state index in [1.54, 1.807) is 0 Å². The van der Waals surface area contributed by atoms with Crippen LogP contribution >= 0.6 is 15.9 Å². The van der Waals surface area contributed by atoms with Gasteiger partial charge in [0.25, 0.3) is 5.69 Å². The van der Waals surface area contributed by atoms with Crippen molar-refractivity contribution in [2.75, 3.05) is 0 Å². The number of halogens is 2. The van der Waals surface area contributed by atoms with Crippen LogP contribution < -0.4 is 0 Å². The molecule has 0 aromatic heterocycles. The zero-order valence-electron chi connectivity index (χ0n) is 10.6. The summed E-state index contributed by atoms with van der Waals surface area (Å²) in [5.74, 6) is -1.47. The molecule has 0 unspecified atom stereocenters. The lowest BCUT2D eigenvalue weighted by atomic mass is 10.2. The fourth-order valence-corrected chi connectivity index (χ4v) is 1.96. The minimum absolute atomic E-state index is 0.0527. The predicted molar refractivity (Wildman–Crippen MR) is 76.3 cm³/mol. The fraction of sp³-hybridized carbons (Fsp3) is 0.0714. The number of carbonyl (C=O) groups excluding carboxylic acids is 1. The standard InChI is InChI=1S/C14H9BrFNO4/c15-10-3-6-13(16)12(7-10)14(18)21-8-9-1-4-11(5-2-9)17(19)20/h1-7H,8H2. The fourth-order valence-electron chi connectivity index (χ4n) is 1.59. The van der Waals surface area contributed by atoms with E-state index < -0.39 is 16.7 Å². The van der Waals surface area contributed by atoms with Crippen LogP contribution in [-0.4, -0.2) is 10.9 Å². The first-order chi connectivity index (χ1) is 9.97. The summed E-state index contributed by atoms with van der Waals surface area (Å²) in [6.07, 6.45) is 0. The summed E-state index contributed by atoms with van der Waals surface area (Å²) >= 11 is 3.14. The first kappa shape index (κ1) is 15.1. The second-order valence-corrected chi connectivity index (χ2v) is 5.04. The van der Waals surface area contributed by atoms with Crippen LogP contribution in [0.25, 0.3) is 0 Å². The highest BCUT2D eigenvalue weighted by Gasteiger charge is 2.14. The molecule has 0 saturated heterocycles. The van der Waals surface area contributed by atoms with Crippen molar-refractivity contribution in [3.63, 3.8) is 0 Å². The molecular weight excluding hydrogens is 345 g/mol. The lowest BCUT2D eigenvalue weighted by Crippen LogP contribution is -2.07. The molecule has 2 rings (SSSR count). The minimum Gasteiger partial charge on any atom is -0.457 e. The number of nitro benzene ring substituents is 1. The van der Waals surface area contributed by atoms with E-state index in [1.165, 1.54) is 36.4 Å². The average Bonchev–Trinajstić information content (AvgIpc) is 2.47. The largest absolute Gasteiger partial charge is 0.457 e. The summed E-state index contributed by atoms with van der Waals surface area (Å²) < 4.78 is 19.0. The number of non-ortho nitro benzene ring substituents is 1. The van der Waals surface area contributed by atoms with Gasteiger partial charge in [0.15, 0.2) is 0 Å². The van der Waals surface area contributed by atoms with Crippen molar-refractivity contribution in [3.05, 3.63) is 74.0 Å². The average molecular weight is 354 g/mol. The monoisotopic (exact) mass is 353 g/mol. The van der Waals surface area contributed by atoms with E-state index in [4.69, 9.17) is 4.74 Å². The van der Waals surface area contributed by atoms with Gasteiger partial charge in [0, 0.05) is 16.6 Å². The number of hydrogen-bond donors (Lipinski definition) is 0. The maximum absolute atomic E-state index is 13.5.